The summed E-state index contributed by atoms with van der Waals surface area (Å²) < 4.78 is 0. The molecule has 15 rings (SSSR count). The fraction of sp³-hybridized carbons (Fsp3) is 0.0959. The Balaban J connectivity index is 0.875. The van der Waals surface area contributed by atoms with E-state index in [4.69, 9.17) is 0 Å². The first kappa shape index (κ1) is 42.9. The molecule has 11 aromatic carbocycles. The van der Waals surface area contributed by atoms with E-state index in [0.29, 0.717) is 0 Å². The summed E-state index contributed by atoms with van der Waals surface area (Å²) in [5.74, 6) is 0. The molecule has 1 atom stereocenters. The lowest BCUT2D eigenvalue weighted by Gasteiger charge is -2.31. The van der Waals surface area contributed by atoms with Gasteiger partial charge in [0.2, 0.25) is 0 Å². The van der Waals surface area contributed by atoms with Crippen LogP contribution in [0.5, 0.6) is 0 Å². The normalized spacial score (nSPS) is 16.1. The van der Waals surface area contributed by atoms with Crippen LogP contribution >= 0.6 is 0 Å². The summed E-state index contributed by atoms with van der Waals surface area (Å²) in [7, 11) is 0. The number of nitrogens with zero attached hydrogens (tertiary/aromatic N) is 1. The number of benzene rings is 11. The standard InChI is InChI=1S/C73H53N/c1-71(2)60-27-14-12-24-58(60)70-63(71)30-18-32-68(70)74(51-37-33-48(34-38-51)46-19-7-5-8-20-46)52-39-42-56-55-41-36-50(44-65(55)72(3,4)66(56)45-52)53-26-17-31-64-69(53)59-25-13-16-29-62(59)73(64)61-28-15-11-23-54(61)57-40-35-49(43-67(57)73)47-21-9-6-10-22-47/h5-45H,1-4H3. The van der Waals surface area contributed by atoms with Gasteiger partial charge in [-0.3, -0.25) is 0 Å². The summed E-state index contributed by atoms with van der Waals surface area (Å²) in [5.41, 5.74) is 31.5. The minimum absolute atomic E-state index is 0.121. The predicted octanol–water partition coefficient (Wildman–Crippen LogP) is 19.1. The molecule has 1 unspecified atom stereocenters. The van der Waals surface area contributed by atoms with Gasteiger partial charge >= 0.3 is 0 Å². The van der Waals surface area contributed by atoms with Crippen molar-refractivity contribution in [3.8, 4) is 77.9 Å². The van der Waals surface area contributed by atoms with E-state index in [2.05, 4.69) is 281 Å². The molecule has 1 nitrogen and oxygen atoms in total. The van der Waals surface area contributed by atoms with Crippen molar-refractivity contribution in [2.75, 3.05) is 4.90 Å². The second kappa shape index (κ2) is 15.6. The van der Waals surface area contributed by atoms with E-state index in [9.17, 15) is 0 Å². The van der Waals surface area contributed by atoms with E-state index >= 15 is 0 Å². The van der Waals surface area contributed by atoms with Gasteiger partial charge in [-0.1, -0.05) is 234 Å². The molecule has 1 heteroatoms. The van der Waals surface area contributed by atoms with Gasteiger partial charge in [0.25, 0.3) is 0 Å². The molecule has 11 aromatic rings. The zero-order valence-corrected chi connectivity index (χ0v) is 42.1. The molecular weight excluding hydrogens is 891 g/mol. The van der Waals surface area contributed by atoms with Crippen LogP contribution in [0.3, 0.4) is 0 Å². The van der Waals surface area contributed by atoms with Crippen LogP contribution in [0.2, 0.25) is 0 Å². The van der Waals surface area contributed by atoms with Gasteiger partial charge in [0, 0.05) is 27.8 Å². The van der Waals surface area contributed by atoms with Gasteiger partial charge in [-0.2, -0.15) is 0 Å². The molecular formula is C73H53N. The van der Waals surface area contributed by atoms with Crippen molar-refractivity contribution in [3.05, 3.63) is 293 Å². The minimum Gasteiger partial charge on any atom is -0.310 e. The first-order chi connectivity index (χ1) is 36.2. The first-order valence-corrected chi connectivity index (χ1v) is 26.2. The number of anilines is 3. The maximum atomic E-state index is 2.52. The Morgan fingerprint density at radius 3 is 1.39 bits per heavy atom. The first-order valence-electron chi connectivity index (χ1n) is 26.2. The van der Waals surface area contributed by atoms with Crippen LogP contribution in [-0.2, 0) is 16.2 Å². The Morgan fingerprint density at radius 1 is 0.243 bits per heavy atom. The summed E-state index contributed by atoms with van der Waals surface area (Å²) >= 11 is 0. The summed E-state index contributed by atoms with van der Waals surface area (Å²) in [6.07, 6.45) is 0. The third kappa shape index (κ3) is 5.81. The molecule has 4 aliphatic carbocycles. The Kier molecular flexibility index (Phi) is 9.04. The minimum atomic E-state index is -0.453. The number of rotatable bonds is 6. The average molecular weight is 944 g/mol. The Morgan fingerprint density at radius 2 is 0.676 bits per heavy atom. The van der Waals surface area contributed by atoms with Crippen LogP contribution in [0.1, 0.15) is 72.2 Å². The molecule has 0 saturated carbocycles. The zero-order valence-electron chi connectivity index (χ0n) is 42.1. The van der Waals surface area contributed by atoms with Crippen LogP contribution < -0.4 is 4.90 Å². The SMILES string of the molecule is CC1(C)c2cc(-c3cccc4c3-c3ccccc3C43c4ccccc4-c4ccc(-c5ccccc5)cc43)ccc2-c2ccc(N(c3ccc(-c4ccccc4)cc3)c3cccc4c3-c3ccccc3C4(C)C)cc21. The monoisotopic (exact) mass is 943 g/mol. The van der Waals surface area contributed by atoms with E-state index in [0.717, 1.165) is 11.4 Å². The fourth-order valence-electron chi connectivity index (χ4n) is 14.1. The van der Waals surface area contributed by atoms with Crippen LogP contribution in [0.25, 0.3) is 77.9 Å². The summed E-state index contributed by atoms with van der Waals surface area (Å²) in [6.45, 7) is 9.61. The third-order valence-electron chi connectivity index (χ3n) is 17.5. The lowest BCUT2D eigenvalue weighted by Crippen LogP contribution is -2.25. The average Bonchev–Trinajstić information content (AvgIpc) is 4.24. The van der Waals surface area contributed by atoms with E-state index in [1.807, 2.05) is 0 Å². The maximum absolute atomic E-state index is 2.52. The smallest absolute Gasteiger partial charge is 0.0725 e. The van der Waals surface area contributed by atoms with Crippen LogP contribution in [-0.4, -0.2) is 0 Å². The molecule has 0 heterocycles. The molecule has 74 heavy (non-hydrogen) atoms. The molecule has 0 aromatic heterocycles. The summed E-state index contributed by atoms with van der Waals surface area (Å²) in [4.78, 5) is 2.51. The number of fused-ring (bicyclic) bond motifs is 16. The Bertz CT molecular complexity index is 4120. The lowest BCUT2D eigenvalue weighted by molar-refractivity contribution is 0.660. The highest BCUT2D eigenvalue weighted by atomic mass is 15.1. The number of hydrogen-bond acceptors (Lipinski definition) is 1. The van der Waals surface area contributed by atoms with E-state index in [1.165, 1.54) is 128 Å². The van der Waals surface area contributed by atoms with Crippen LogP contribution in [0.4, 0.5) is 17.1 Å². The van der Waals surface area contributed by atoms with Crippen molar-refractivity contribution in [2.45, 2.75) is 43.9 Å². The lowest BCUT2D eigenvalue weighted by atomic mass is 9.70. The third-order valence-corrected chi connectivity index (χ3v) is 17.5. The molecule has 1 spiro atoms. The van der Waals surface area contributed by atoms with Gasteiger partial charge < -0.3 is 4.90 Å². The molecule has 0 amide bonds. The van der Waals surface area contributed by atoms with Gasteiger partial charge in [-0.25, -0.2) is 0 Å². The second-order valence-corrected chi connectivity index (χ2v) is 21.9. The van der Waals surface area contributed by atoms with Crippen LogP contribution in [0, 0.1) is 0 Å². The van der Waals surface area contributed by atoms with Crippen molar-refractivity contribution < 1.29 is 0 Å². The van der Waals surface area contributed by atoms with Crippen LogP contribution in [0.15, 0.2) is 249 Å². The van der Waals surface area contributed by atoms with Crippen molar-refractivity contribution in [1.29, 1.82) is 0 Å². The highest BCUT2D eigenvalue weighted by molar-refractivity contribution is 6.02. The zero-order chi connectivity index (χ0) is 49.5. The molecule has 0 saturated heterocycles. The molecule has 4 aliphatic rings. The largest absolute Gasteiger partial charge is 0.310 e. The summed E-state index contributed by atoms with van der Waals surface area (Å²) in [5, 5.41) is 0. The van der Waals surface area contributed by atoms with E-state index < -0.39 is 5.41 Å². The topological polar surface area (TPSA) is 3.24 Å². The van der Waals surface area contributed by atoms with Crippen molar-refractivity contribution in [2.24, 2.45) is 0 Å². The van der Waals surface area contributed by atoms with Gasteiger partial charge in [-0.15, -0.1) is 0 Å². The van der Waals surface area contributed by atoms with Crippen molar-refractivity contribution >= 4 is 17.1 Å². The molecule has 0 radical (unpaired) electrons. The van der Waals surface area contributed by atoms with Gasteiger partial charge in [0.15, 0.2) is 0 Å². The summed E-state index contributed by atoms with van der Waals surface area (Å²) in [6, 6.07) is 93.8. The van der Waals surface area contributed by atoms with Gasteiger partial charge in [0.05, 0.1) is 11.1 Å². The number of hydrogen-bond donors (Lipinski definition) is 0. The van der Waals surface area contributed by atoms with Crippen molar-refractivity contribution in [3.63, 3.8) is 0 Å². The maximum Gasteiger partial charge on any atom is 0.0725 e. The molecule has 0 fully saturated rings. The molecule has 0 N–H and O–H groups in total. The quantitative estimate of drug-likeness (QED) is 0.161. The molecule has 0 aliphatic heterocycles. The highest BCUT2D eigenvalue weighted by Gasteiger charge is 2.52. The predicted molar refractivity (Wildman–Crippen MR) is 309 cm³/mol. The highest BCUT2D eigenvalue weighted by Crippen LogP contribution is 2.65. The van der Waals surface area contributed by atoms with Gasteiger partial charge in [-0.05, 0) is 159 Å². The molecule has 0 bridgehead atoms. The van der Waals surface area contributed by atoms with E-state index in [-0.39, 0.29) is 10.8 Å². The second-order valence-electron chi connectivity index (χ2n) is 21.9. The van der Waals surface area contributed by atoms with E-state index in [1.54, 1.807) is 0 Å². The van der Waals surface area contributed by atoms with Gasteiger partial charge in [0.1, 0.15) is 0 Å². The fourth-order valence-corrected chi connectivity index (χ4v) is 14.1. The van der Waals surface area contributed by atoms with Crippen molar-refractivity contribution in [1.82, 2.24) is 0 Å². The Hall–Kier alpha value is -8.78. The Labute approximate surface area is 434 Å². The molecule has 350 valence electrons.